The van der Waals surface area contributed by atoms with E-state index >= 15 is 0 Å². The maximum Gasteiger partial charge on any atom is 0.401 e. The molecular weight excluding hydrogens is 283 g/mol. The molecule has 0 spiro atoms. The van der Waals surface area contributed by atoms with Gasteiger partial charge in [-0.3, -0.25) is 9.69 Å². The van der Waals surface area contributed by atoms with Crippen LogP contribution < -0.4 is 11.1 Å². The molecule has 2 aliphatic rings. The molecule has 1 aliphatic carbocycles. The van der Waals surface area contributed by atoms with Crippen molar-refractivity contribution in [2.24, 2.45) is 17.6 Å². The van der Waals surface area contributed by atoms with Gasteiger partial charge in [0.2, 0.25) is 5.91 Å². The quantitative estimate of drug-likeness (QED) is 0.827. The molecule has 21 heavy (non-hydrogen) atoms. The van der Waals surface area contributed by atoms with Crippen LogP contribution >= 0.6 is 0 Å². The van der Waals surface area contributed by atoms with Gasteiger partial charge in [0.1, 0.15) is 0 Å². The first-order valence-electron chi connectivity index (χ1n) is 7.67. The second kappa shape index (κ2) is 6.96. The van der Waals surface area contributed by atoms with Crippen LogP contribution in [0.15, 0.2) is 0 Å². The number of amides is 1. The number of hydrogen-bond acceptors (Lipinski definition) is 3. The van der Waals surface area contributed by atoms with Crippen molar-refractivity contribution in [1.82, 2.24) is 10.2 Å². The monoisotopic (exact) mass is 307 g/mol. The molecule has 0 bridgehead atoms. The van der Waals surface area contributed by atoms with Crippen molar-refractivity contribution in [3.05, 3.63) is 0 Å². The first-order valence-corrected chi connectivity index (χ1v) is 7.67. The van der Waals surface area contributed by atoms with E-state index in [9.17, 15) is 18.0 Å². The molecule has 1 saturated carbocycles. The molecule has 2 rings (SSSR count). The first kappa shape index (κ1) is 16.5. The second-order valence-corrected chi connectivity index (χ2v) is 6.30. The molecule has 0 radical (unpaired) electrons. The Hall–Kier alpha value is -0.820. The highest BCUT2D eigenvalue weighted by Crippen LogP contribution is 2.24. The van der Waals surface area contributed by atoms with E-state index in [2.05, 4.69) is 5.32 Å². The van der Waals surface area contributed by atoms with Crippen molar-refractivity contribution in [2.45, 2.75) is 44.3 Å². The van der Waals surface area contributed by atoms with Gasteiger partial charge in [0, 0.05) is 19.1 Å². The van der Waals surface area contributed by atoms with E-state index < -0.39 is 12.7 Å². The number of carbonyl (C=O) groups excluding carboxylic acids is 1. The molecule has 0 aromatic heterocycles. The van der Waals surface area contributed by atoms with Crippen molar-refractivity contribution < 1.29 is 18.0 Å². The smallest absolute Gasteiger partial charge is 0.355 e. The number of carbonyl (C=O) groups is 1. The van der Waals surface area contributed by atoms with Crippen LogP contribution in [0, 0.1) is 11.8 Å². The summed E-state index contributed by atoms with van der Waals surface area (Å²) in [4.78, 5) is 13.5. The lowest BCUT2D eigenvalue weighted by Gasteiger charge is -2.28. The molecule has 3 N–H and O–H groups in total. The first-order chi connectivity index (χ1) is 9.85. The molecule has 1 aliphatic heterocycles. The summed E-state index contributed by atoms with van der Waals surface area (Å²) in [5.74, 6) is -0.0565. The number of rotatable bonds is 4. The van der Waals surface area contributed by atoms with Crippen LogP contribution in [0.2, 0.25) is 0 Å². The third kappa shape index (κ3) is 5.14. The number of hydrogen-bond donors (Lipinski definition) is 2. The molecule has 7 heteroatoms. The maximum absolute atomic E-state index is 12.3. The van der Waals surface area contributed by atoms with Crippen molar-refractivity contribution in [3.8, 4) is 0 Å². The lowest BCUT2D eigenvalue weighted by Crippen LogP contribution is -2.45. The lowest BCUT2D eigenvalue weighted by molar-refractivity contribution is -0.143. The van der Waals surface area contributed by atoms with E-state index in [1.807, 2.05) is 0 Å². The third-order valence-electron chi connectivity index (χ3n) is 4.49. The molecular formula is C14H24F3N3O. The minimum absolute atomic E-state index is 0.0310. The van der Waals surface area contributed by atoms with Gasteiger partial charge in [-0.15, -0.1) is 0 Å². The molecule has 1 heterocycles. The van der Waals surface area contributed by atoms with Gasteiger partial charge in [-0.05, 0) is 31.7 Å². The van der Waals surface area contributed by atoms with Crippen molar-refractivity contribution in [2.75, 3.05) is 26.2 Å². The second-order valence-electron chi connectivity index (χ2n) is 6.30. The van der Waals surface area contributed by atoms with E-state index in [1.54, 1.807) is 0 Å². The summed E-state index contributed by atoms with van der Waals surface area (Å²) in [5.41, 5.74) is 5.96. The zero-order valence-electron chi connectivity index (χ0n) is 12.2. The minimum Gasteiger partial charge on any atom is -0.355 e. The van der Waals surface area contributed by atoms with E-state index in [4.69, 9.17) is 5.73 Å². The summed E-state index contributed by atoms with van der Waals surface area (Å²) in [5, 5.41) is 2.88. The average Bonchev–Trinajstić information content (AvgIpc) is 2.82. The fourth-order valence-corrected chi connectivity index (χ4v) is 3.34. The Morgan fingerprint density at radius 3 is 2.62 bits per heavy atom. The Balaban J connectivity index is 1.70. The predicted molar refractivity (Wildman–Crippen MR) is 73.5 cm³/mol. The molecule has 122 valence electrons. The van der Waals surface area contributed by atoms with Crippen LogP contribution in [-0.4, -0.2) is 49.2 Å². The van der Waals surface area contributed by atoms with Gasteiger partial charge in [-0.1, -0.05) is 12.8 Å². The zero-order chi connectivity index (χ0) is 15.5. The molecule has 1 saturated heterocycles. The van der Waals surface area contributed by atoms with Crippen LogP contribution in [0.1, 0.15) is 32.1 Å². The number of nitrogens with one attached hydrogen (secondary N) is 1. The molecule has 0 aromatic rings. The molecule has 0 aromatic carbocycles. The number of nitrogens with two attached hydrogens (primary N) is 1. The van der Waals surface area contributed by atoms with Gasteiger partial charge in [-0.25, -0.2) is 0 Å². The van der Waals surface area contributed by atoms with Crippen LogP contribution in [0.5, 0.6) is 0 Å². The molecule has 2 fully saturated rings. The van der Waals surface area contributed by atoms with E-state index in [0.717, 1.165) is 25.7 Å². The highest BCUT2D eigenvalue weighted by Gasteiger charge is 2.35. The summed E-state index contributed by atoms with van der Waals surface area (Å²) < 4.78 is 36.9. The van der Waals surface area contributed by atoms with Crippen LogP contribution in [0.3, 0.4) is 0 Å². The van der Waals surface area contributed by atoms with Crippen LogP contribution in [-0.2, 0) is 4.79 Å². The van der Waals surface area contributed by atoms with Gasteiger partial charge in [0.25, 0.3) is 0 Å². The Bertz CT molecular complexity index is 362. The Kier molecular flexibility index (Phi) is 5.48. The van der Waals surface area contributed by atoms with Crippen LogP contribution in [0.25, 0.3) is 0 Å². The number of likely N-dealkylation sites (tertiary alicyclic amines) is 1. The van der Waals surface area contributed by atoms with Gasteiger partial charge < -0.3 is 11.1 Å². The Labute approximate surface area is 123 Å². The molecule has 3 atom stereocenters. The van der Waals surface area contributed by atoms with E-state index in [-0.39, 0.29) is 23.8 Å². The predicted octanol–water partition coefficient (Wildman–Crippen LogP) is 1.50. The highest BCUT2D eigenvalue weighted by atomic mass is 19.4. The molecule has 1 amide bonds. The van der Waals surface area contributed by atoms with E-state index in [1.165, 1.54) is 4.90 Å². The SMILES string of the molecule is NC1CCCCC1C(=O)NCC1CCN(CC(F)(F)F)C1. The van der Waals surface area contributed by atoms with Crippen molar-refractivity contribution >= 4 is 5.91 Å². The van der Waals surface area contributed by atoms with E-state index in [0.29, 0.717) is 26.1 Å². The number of nitrogens with zero attached hydrogens (tertiary/aromatic N) is 1. The van der Waals surface area contributed by atoms with Crippen molar-refractivity contribution in [1.29, 1.82) is 0 Å². The third-order valence-corrected chi connectivity index (χ3v) is 4.49. The summed E-state index contributed by atoms with van der Waals surface area (Å²) >= 11 is 0. The normalized spacial score (nSPS) is 31.3. The largest absolute Gasteiger partial charge is 0.401 e. The number of halogens is 3. The van der Waals surface area contributed by atoms with Gasteiger partial charge in [0.05, 0.1) is 12.5 Å². The maximum atomic E-state index is 12.3. The summed E-state index contributed by atoms with van der Waals surface area (Å²) in [7, 11) is 0. The summed E-state index contributed by atoms with van der Waals surface area (Å²) in [6.45, 7) is 0.445. The standard InChI is InChI=1S/C14H24F3N3O/c15-14(16,17)9-20-6-5-10(8-20)7-19-13(21)11-3-1-2-4-12(11)18/h10-12H,1-9,18H2,(H,19,21). The highest BCUT2D eigenvalue weighted by molar-refractivity contribution is 5.79. The van der Waals surface area contributed by atoms with Crippen molar-refractivity contribution in [3.63, 3.8) is 0 Å². The summed E-state index contributed by atoms with van der Waals surface area (Å²) in [6, 6.07) is -0.0796. The molecule has 3 unspecified atom stereocenters. The minimum atomic E-state index is -4.15. The lowest BCUT2D eigenvalue weighted by atomic mass is 9.84. The zero-order valence-corrected chi connectivity index (χ0v) is 12.2. The fraction of sp³-hybridized carbons (Fsp3) is 0.929. The number of alkyl halides is 3. The average molecular weight is 307 g/mol. The fourth-order valence-electron chi connectivity index (χ4n) is 3.34. The Morgan fingerprint density at radius 1 is 1.24 bits per heavy atom. The van der Waals surface area contributed by atoms with Crippen LogP contribution in [0.4, 0.5) is 13.2 Å². The topological polar surface area (TPSA) is 58.4 Å². The molecule has 4 nitrogen and oxygen atoms in total. The Morgan fingerprint density at radius 2 is 1.95 bits per heavy atom. The van der Waals surface area contributed by atoms with Gasteiger partial charge in [-0.2, -0.15) is 13.2 Å². The van der Waals surface area contributed by atoms with Gasteiger partial charge >= 0.3 is 6.18 Å². The summed E-state index contributed by atoms with van der Waals surface area (Å²) in [6.07, 6.45) is 0.341. The van der Waals surface area contributed by atoms with Gasteiger partial charge in [0.15, 0.2) is 0 Å².